The maximum Gasteiger partial charge on any atom is 0.180 e. The summed E-state index contributed by atoms with van der Waals surface area (Å²) in [5, 5.41) is 18.0. The van der Waals surface area contributed by atoms with Gasteiger partial charge in [-0.15, -0.1) is 5.10 Å². The highest BCUT2D eigenvalue weighted by atomic mass is 32.2. The van der Waals surface area contributed by atoms with E-state index < -0.39 is 0 Å². The standard InChI is InChI=1S/C17H19N3OS/c1-12-8-15(21)9-13(2)16(12)10-19-20-17(18)22-11-14-6-4-3-5-7-14/h3-10,21H,11H2,1-2H3,(H2,18,20). The first-order valence-corrected chi connectivity index (χ1v) is 7.88. The van der Waals surface area contributed by atoms with E-state index in [1.165, 1.54) is 17.3 Å². The molecule has 0 spiro atoms. The molecule has 2 rings (SSSR count). The molecular weight excluding hydrogens is 294 g/mol. The van der Waals surface area contributed by atoms with Gasteiger partial charge in [-0.05, 0) is 42.7 Å². The summed E-state index contributed by atoms with van der Waals surface area (Å²) in [6, 6.07) is 13.5. The number of phenols is 1. The van der Waals surface area contributed by atoms with Crippen molar-refractivity contribution in [2.24, 2.45) is 15.9 Å². The van der Waals surface area contributed by atoms with Crippen LogP contribution in [-0.4, -0.2) is 16.5 Å². The quantitative estimate of drug-likeness (QED) is 0.515. The highest BCUT2D eigenvalue weighted by Gasteiger charge is 2.02. The predicted octanol–water partition coefficient (Wildman–Crippen LogP) is 3.59. The lowest BCUT2D eigenvalue weighted by molar-refractivity contribution is 0.474. The van der Waals surface area contributed by atoms with Gasteiger partial charge in [-0.1, -0.05) is 42.1 Å². The Hall–Kier alpha value is -2.27. The van der Waals surface area contributed by atoms with E-state index >= 15 is 0 Å². The average Bonchev–Trinajstić information content (AvgIpc) is 2.49. The Morgan fingerprint density at radius 3 is 2.45 bits per heavy atom. The van der Waals surface area contributed by atoms with Gasteiger partial charge >= 0.3 is 0 Å². The molecular formula is C17H19N3OS. The van der Waals surface area contributed by atoms with Gasteiger partial charge in [-0.25, -0.2) is 0 Å². The number of rotatable bonds is 4. The van der Waals surface area contributed by atoms with E-state index in [1.807, 2.05) is 44.2 Å². The molecule has 0 amide bonds. The summed E-state index contributed by atoms with van der Waals surface area (Å²) >= 11 is 1.45. The zero-order valence-electron chi connectivity index (χ0n) is 12.7. The van der Waals surface area contributed by atoms with Gasteiger partial charge in [0.1, 0.15) is 5.75 Å². The minimum absolute atomic E-state index is 0.258. The molecule has 5 heteroatoms. The number of benzene rings is 2. The average molecular weight is 313 g/mol. The Morgan fingerprint density at radius 2 is 1.82 bits per heavy atom. The largest absolute Gasteiger partial charge is 0.508 e. The van der Waals surface area contributed by atoms with Crippen molar-refractivity contribution >= 4 is 23.1 Å². The Bertz CT molecular complexity index is 673. The van der Waals surface area contributed by atoms with Gasteiger partial charge in [0.2, 0.25) is 0 Å². The summed E-state index contributed by atoms with van der Waals surface area (Å²) in [5.41, 5.74) is 9.89. The molecule has 22 heavy (non-hydrogen) atoms. The molecule has 0 aliphatic rings. The number of hydrogen-bond acceptors (Lipinski definition) is 4. The van der Waals surface area contributed by atoms with E-state index in [-0.39, 0.29) is 5.75 Å². The van der Waals surface area contributed by atoms with Gasteiger partial charge in [0.15, 0.2) is 5.17 Å². The fourth-order valence-electron chi connectivity index (χ4n) is 2.06. The number of hydrogen-bond donors (Lipinski definition) is 2. The van der Waals surface area contributed by atoms with Gasteiger partial charge in [0.25, 0.3) is 0 Å². The summed E-state index contributed by atoms with van der Waals surface area (Å²) in [6.07, 6.45) is 1.67. The first-order valence-electron chi connectivity index (χ1n) is 6.89. The number of aromatic hydroxyl groups is 1. The van der Waals surface area contributed by atoms with Gasteiger partial charge in [0.05, 0.1) is 6.21 Å². The highest BCUT2D eigenvalue weighted by Crippen LogP contribution is 2.19. The Labute approximate surface area is 134 Å². The predicted molar refractivity (Wildman–Crippen MR) is 94.5 cm³/mol. The Balaban J connectivity index is 1.99. The molecule has 0 aliphatic carbocycles. The summed E-state index contributed by atoms with van der Waals surface area (Å²) in [4.78, 5) is 0. The smallest absolute Gasteiger partial charge is 0.180 e. The van der Waals surface area contributed by atoms with Gasteiger partial charge in [-0.3, -0.25) is 0 Å². The van der Waals surface area contributed by atoms with Gasteiger partial charge < -0.3 is 10.8 Å². The van der Waals surface area contributed by atoms with Crippen molar-refractivity contribution in [2.45, 2.75) is 19.6 Å². The van der Waals surface area contributed by atoms with Crippen molar-refractivity contribution in [2.75, 3.05) is 0 Å². The van der Waals surface area contributed by atoms with E-state index in [9.17, 15) is 5.11 Å². The number of nitrogens with two attached hydrogens (primary N) is 1. The molecule has 0 atom stereocenters. The maximum atomic E-state index is 9.51. The summed E-state index contributed by atoms with van der Waals surface area (Å²) in [5.74, 6) is 1.02. The maximum absolute atomic E-state index is 9.51. The van der Waals surface area contributed by atoms with Crippen molar-refractivity contribution in [1.29, 1.82) is 0 Å². The molecule has 0 bridgehead atoms. The molecule has 0 aliphatic heterocycles. The fraction of sp³-hybridized carbons (Fsp3) is 0.176. The molecule has 2 aromatic rings. The van der Waals surface area contributed by atoms with Crippen molar-refractivity contribution < 1.29 is 5.11 Å². The van der Waals surface area contributed by atoms with Crippen LogP contribution in [0.15, 0.2) is 52.7 Å². The summed E-state index contributed by atoms with van der Waals surface area (Å²) in [7, 11) is 0. The molecule has 0 radical (unpaired) electrons. The highest BCUT2D eigenvalue weighted by molar-refractivity contribution is 8.13. The number of nitrogens with zero attached hydrogens (tertiary/aromatic N) is 2. The van der Waals surface area contributed by atoms with Crippen LogP contribution in [0.5, 0.6) is 5.75 Å². The summed E-state index contributed by atoms with van der Waals surface area (Å²) < 4.78 is 0. The Kier molecular flexibility index (Phi) is 5.61. The van der Waals surface area contributed by atoms with Crippen LogP contribution in [0.2, 0.25) is 0 Å². The lowest BCUT2D eigenvalue weighted by Crippen LogP contribution is -2.06. The SMILES string of the molecule is Cc1cc(O)cc(C)c1C=NN=C(N)SCc1ccccc1. The van der Waals surface area contributed by atoms with Crippen molar-refractivity contribution in [3.63, 3.8) is 0 Å². The van der Waals surface area contributed by atoms with Crippen LogP contribution in [0.1, 0.15) is 22.3 Å². The molecule has 0 heterocycles. The lowest BCUT2D eigenvalue weighted by atomic mass is 10.0. The second kappa shape index (κ2) is 7.66. The first-order chi connectivity index (χ1) is 10.6. The Morgan fingerprint density at radius 1 is 1.18 bits per heavy atom. The third-order valence-electron chi connectivity index (χ3n) is 3.15. The van der Waals surface area contributed by atoms with Crippen LogP contribution in [0.4, 0.5) is 0 Å². The molecule has 4 nitrogen and oxygen atoms in total. The van der Waals surface area contributed by atoms with Crippen molar-refractivity contribution in [3.8, 4) is 5.75 Å². The van der Waals surface area contributed by atoms with Crippen LogP contribution < -0.4 is 5.73 Å². The van der Waals surface area contributed by atoms with Crippen molar-refractivity contribution in [1.82, 2.24) is 0 Å². The van der Waals surface area contributed by atoms with Crippen LogP contribution >= 0.6 is 11.8 Å². The fourth-order valence-corrected chi connectivity index (χ4v) is 2.67. The van der Waals surface area contributed by atoms with E-state index in [0.717, 1.165) is 22.4 Å². The zero-order valence-corrected chi connectivity index (χ0v) is 13.5. The number of aryl methyl sites for hydroxylation is 2. The lowest BCUT2D eigenvalue weighted by Gasteiger charge is -2.04. The van der Waals surface area contributed by atoms with Crippen LogP contribution in [0.25, 0.3) is 0 Å². The number of amidine groups is 1. The molecule has 0 saturated carbocycles. The number of thioether (sulfide) groups is 1. The molecule has 0 fully saturated rings. The van der Waals surface area contributed by atoms with E-state index in [4.69, 9.17) is 5.73 Å². The third-order valence-corrected chi connectivity index (χ3v) is 4.01. The molecule has 2 aromatic carbocycles. The molecule has 114 valence electrons. The number of phenolic OH excluding ortho intramolecular Hbond substituents is 1. The first kappa shape index (κ1) is 16.1. The second-order valence-corrected chi connectivity index (χ2v) is 5.95. The van der Waals surface area contributed by atoms with E-state index in [2.05, 4.69) is 10.2 Å². The molecule has 0 aromatic heterocycles. The molecule has 0 unspecified atom stereocenters. The van der Waals surface area contributed by atoms with E-state index in [1.54, 1.807) is 18.3 Å². The van der Waals surface area contributed by atoms with Gasteiger partial charge in [0, 0.05) is 11.3 Å². The van der Waals surface area contributed by atoms with Crippen molar-refractivity contribution in [3.05, 3.63) is 64.7 Å². The topological polar surface area (TPSA) is 71.0 Å². The monoisotopic (exact) mass is 313 g/mol. The minimum Gasteiger partial charge on any atom is -0.508 e. The molecule has 3 N–H and O–H groups in total. The zero-order chi connectivity index (χ0) is 15.9. The van der Waals surface area contributed by atoms with E-state index in [0.29, 0.717) is 5.17 Å². The minimum atomic E-state index is 0.258. The third kappa shape index (κ3) is 4.63. The summed E-state index contributed by atoms with van der Waals surface area (Å²) in [6.45, 7) is 3.84. The molecule has 0 saturated heterocycles. The van der Waals surface area contributed by atoms with Crippen LogP contribution in [0.3, 0.4) is 0 Å². The second-order valence-electron chi connectivity index (χ2n) is 4.95. The normalized spacial score (nSPS) is 12.0. The van der Waals surface area contributed by atoms with Crippen LogP contribution in [-0.2, 0) is 5.75 Å². The van der Waals surface area contributed by atoms with Crippen LogP contribution in [0, 0.1) is 13.8 Å². The van der Waals surface area contributed by atoms with Gasteiger partial charge in [-0.2, -0.15) is 5.10 Å².